The highest BCUT2D eigenvalue weighted by molar-refractivity contribution is 7.20. The minimum atomic E-state index is -1.21. The van der Waals surface area contributed by atoms with Gasteiger partial charge in [-0.25, -0.2) is 4.79 Å². The largest absolute Gasteiger partial charge is 0.478 e. The number of benzene rings is 3. The molecule has 0 radical (unpaired) electrons. The summed E-state index contributed by atoms with van der Waals surface area (Å²) in [7, 11) is 0. The van der Waals surface area contributed by atoms with E-state index < -0.39 is 17.8 Å². The van der Waals surface area contributed by atoms with Crippen molar-refractivity contribution in [2.45, 2.75) is 0 Å². The van der Waals surface area contributed by atoms with Crippen molar-refractivity contribution < 1.29 is 19.5 Å². The normalized spacial score (nSPS) is 10.6. The third kappa shape index (κ3) is 4.58. The molecule has 3 N–H and O–H groups in total. The number of rotatable bonds is 5. The van der Waals surface area contributed by atoms with Gasteiger partial charge >= 0.3 is 5.97 Å². The maximum atomic E-state index is 12.8. The zero-order valence-electron chi connectivity index (χ0n) is 15.9. The second-order valence-electron chi connectivity index (χ2n) is 6.63. The molecule has 2 amide bonds. The maximum Gasteiger partial charge on any atom is 0.337 e. The van der Waals surface area contributed by atoms with Crippen LogP contribution in [0.15, 0.2) is 72.8 Å². The first-order valence-electron chi connectivity index (χ1n) is 9.15. The first-order valence-corrected chi connectivity index (χ1v) is 10.3. The fraction of sp³-hybridized carbons (Fsp3) is 0. The van der Waals surface area contributed by atoms with E-state index >= 15 is 0 Å². The van der Waals surface area contributed by atoms with Gasteiger partial charge in [0.25, 0.3) is 11.8 Å². The number of halogens is 1. The van der Waals surface area contributed by atoms with Gasteiger partial charge in [-0.2, -0.15) is 0 Å². The zero-order chi connectivity index (χ0) is 22.0. The Labute approximate surface area is 186 Å². The molecule has 3 aromatic carbocycles. The highest BCUT2D eigenvalue weighted by atomic mass is 35.5. The summed E-state index contributed by atoms with van der Waals surface area (Å²) in [5, 5.41) is 16.3. The van der Waals surface area contributed by atoms with Crippen LogP contribution < -0.4 is 10.6 Å². The van der Waals surface area contributed by atoms with Crippen LogP contribution in [0.5, 0.6) is 0 Å². The summed E-state index contributed by atoms with van der Waals surface area (Å²) in [6.07, 6.45) is 0. The summed E-state index contributed by atoms with van der Waals surface area (Å²) in [5.74, 6) is -2.10. The summed E-state index contributed by atoms with van der Waals surface area (Å²) in [4.78, 5) is 37.4. The Bertz CT molecular complexity index is 1280. The minimum Gasteiger partial charge on any atom is -0.478 e. The van der Waals surface area contributed by atoms with Crippen LogP contribution in [0.25, 0.3) is 10.1 Å². The molecule has 0 aliphatic rings. The quantitative estimate of drug-likeness (QED) is 0.360. The number of carbonyl (C=O) groups excluding carboxylic acids is 2. The molecule has 31 heavy (non-hydrogen) atoms. The van der Waals surface area contributed by atoms with E-state index in [4.69, 9.17) is 11.6 Å². The van der Waals surface area contributed by atoms with Crippen LogP contribution >= 0.6 is 22.9 Å². The topological polar surface area (TPSA) is 95.5 Å². The Balaban J connectivity index is 1.60. The fourth-order valence-electron chi connectivity index (χ4n) is 2.99. The van der Waals surface area contributed by atoms with Gasteiger partial charge in [0.1, 0.15) is 0 Å². The number of hydrogen-bond donors (Lipinski definition) is 3. The van der Waals surface area contributed by atoms with Gasteiger partial charge in [0.15, 0.2) is 0 Å². The lowest BCUT2D eigenvalue weighted by atomic mass is 10.1. The summed E-state index contributed by atoms with van der Waals surface area (Å²) in [6.45, 7) is 0. The lowest BCUT2D eigenvalue weighted by Gasteiger charge is -2.11. The smallest absolute Gasteiger partial charge is 0.337 e. The molecule has 1 aromatic heterocycles. The first-order chi connectivity index (χ1) is 14.9. The second kappa shape index (κ2) is 8.59. The standard InChI is InChI=1S/C23H15ClN2O4S/c24-15-6-8-16(9-7-15)25-21(27)14-5-10-17(23(29)30)18(11-14)26-22(28)20-12-13-3-1-2-4-19(13)31-20/h1-12H,(H,25,27)(H,26,28)(H,29,30). The molecule has 0 spiro atoms. The first kappa shape index (κ1) is 20.6. The Morgan fingerprint density at radius 1 is 0.839 bits per heavy atom. The molecule has 154 valence electrons. The number of carboxylic acids is 1. The Hall–Kier alpha value is -3.68. The lowest BCUT2D eigenvalue weighted by molar-refractivity contribution is 0.0697. The van der Waals surface area contributed by atoms with Crippen molar-refractivity contribution in [3.63, 3.8) is 0 Å². The molecular weight excluding hydrogens is 436 g/mol. The number of thiophene rings is 1. The Morgan fingerprint density at radius 3 is 2.29 bits per heavy atom. The zero-order valence-corrected chi connectivity index (χ0v) is 17.5. The van der Waals surface area contributed by atoms with E-state index in [9.17, 15) is 19.5 Å². The van der Waals surface area contributed by atoms with Crippen molar-refractivity contribution in [3.05, 3.63) is 93.8 Å². The summed E-state index contributed by atoms with van der Waals surface area (Å²) in [6, 6.07) is 19.9. The molecule has 0 saturated carbocycles. The number of nitrogens with one attached hydrogen (secondary N) is 2. The molecule has 0 aliphatic carbocycles. The fourth-order valence-corrected chi connectivity index (χ4v) is 4.07. The molecule has 0 unspecified atom stereocenters. The minimum absolute atomic E-state index is 0.0405. The highest BCUT2D eigenvalue weighted by Crippen LogP contribution is 2.27. The Morgan fingerprint density at radius 2 is 1.58 bits per heavy atom. The molecule has 8 heteroatoms. The van der Waals surface area contributed by atoms with E-state index in [0.717, 1.165) is 10.1 Å². The SMILES string of the molecule is O=C(Nc1ccc(Cl)cc1)c1ccc(C(=O)O)c(NC(=O)c2cc3ccccc3s2)c1. The van der Waals surface area contributed by atoms with E-state index in [0.29, 0.717) is 15.6 Å². The van der Waals surface area contributed by atoms with Crippen LogP contribution in [0.4, 0.5) is 11.4 Å². The third-order valence-corrected chi connectivity index (χ3v) is 5.88. The van der Waals surface area contributed by atoms with Crippen LogP contribution in [-0.4, -0.2) is 22.9 Å². The molecule has 0 saturated heterocycles. The van der Waals surface area contributed by atoms with Crippen molar-refractivity contribution in [3.8, 4) is 0 Å². The maximum absolute atomic E-state index is 12.8. The van der Waals surface area contributed by atoms with E-state index in [1.807, 2.05) is 24.3 Å². The molecule has 0 bridgehead atoms. The molecule has 1 heterocycles. The molecule has 4 aromatic rings. The lowest BCUT2D eigenvalue weighted by Crippen LogP contribution is -2.16. The predicted octanol–water partition coefficient (Wildman–Crippen LogP) is 5.76. The molecule has 0 fully saturated rings. The number of amides is 2. The highest BCUT2D eigenvalue weighted by Gasteiger charge is 2.18. The molecule has 0 atom stereocenters. The molecule has 6 nitrogen and oxygen atoms in total. The monoisotopic (exact) mass is 450 g/mol. The number of aromatic carboxylic acids is 1. The average molecular weight is 451 g/mol. The van der Waals surface area contributed by atoms with E-state index in [1.54, 1.807) is 30.3 Å². The predicted molar refractivity (Wildman–Crippen MR) is 123 cm³/mol. The second-order valence-corrected chi connectivity index (χ2v) is 8.15. The summed E-state index contributed by atoms with van der Waals surface area (Å²) < 4.78 is 0.946. The number of anilines is 2. The summed E-state index contributed by atoms with van der Waals surface area (Å²) >= 11 is 7.15. The van der Waals surface area contributed by atoms with Crippen LogP contribution in [-0.2, 0) is 0 Å². The van der Waals surface area contributed by atoms with Crippen molar-refractivity contribution >= 4 is 62.2 Å². The summed E-state index contributed by atoms with van der Waals surface area (Å²) in [5.41, 5.74) is 0.662. The van der Waals surface area contributed by atoms with Gasteiger partial charge in [-0.3, -0.25) is 9.59 Å². The van der Waals surface area contributed by atoms with Crippen LogP contribution in [0.1, 0.15) is 30.4 Å². The van der Waals surface area contributed by atoms with E-state index in [-0.39, 0.29) is 16.8 Å². The van der Waals surface area contributed by atoms with Crippen LogP contribution in [0.2, 0.25) is 5.02 Å². The number of fused-ring (bicyclic) bond motifs is 1. The van der Waals surface area contributed by atoms with Crippen LogP contribution in [0.3, 0.4) is 0 Å². The average Bonchev–Trinajstić information content (AvgIpc) is 3.19. The van der Waals surface area contributed by atoms with Crippen molar-refractivity contribution in [2.24, 2.45) is 0 Å². The number of hydrogen-bond acceptors (Lipinski definition) is 4. The molecule has 0 aliphatic heterocycles. The molecular formula is C23H15ClN2O4S. The van der Waals surface area contributed by atoms with Crippen molar-refractivity contribution in [1.82, 2.24) is 0 Å². The van der Waals surface area contributed by atoms with Gasteiger partial charge in [-0.15, -0.1) is 11.3 Å². The van der Waals surface area contributed by atoms with E-state index in [2.05, 4.69) is 10.6 Å². The van der Waals surface area contributed by atoms with Gasteiger partial charge in [-0.1, -0.05) is 29.8 Å². The van der Waals surface area contributed by atoms with Crippen molar-refractivity contribution in [2.75, 3.05) is 10.6 Å². The van der Waals surface area contributed by atoms with Gasteiger partial charge < -0.3 is 15.7 Å². The van der Waals surface area contributed by atoms with Crippen LogP contribution in [0, 0.1) is 0 Å². The van der Waals surface area contributed by atoms with Gasteiger partial charge in [0.05, 0.1) is 16.1 Å². The van der Waals surface area contributed by atoms with Crippen molar-refractivity contribution in [1.29, 1.82) is 0 Å². The Kier molecular flexibility index (Phi) is 5.70. The third-order valence-electron chi connectivity index (χ3n) is 4.51. The number of carboxylic acid groups (broad SMARTS) is 1. The van der Waals surface area contributed by atoms with Gasteiger partial charge in [0.2, 0.25) is 0 Å². The molecule has 4 rings (SSSR count). The number of carbonyl (C=O) groups is 3. The van der Waals surface area contributed by atoms with Gasteiger partial charge in [-0.05, 0) is 60.0 Å². The van der Waals surface area contributed by atoms with E-state index in [1.165, 1.54) is 29.5 Å². The van der Waals surface area contributed by atoms with Gasteiger partial charge in [0, 0.05) is 21.0 Å².